The molecule has 0 radical (unpaired) electrons. The Labute approximate surface area is 159 Å². The Morgan fingerprint density at radius 3 is 2.33 bits per heavy atom. The van der Waals surface area contributed by atoms with Gasteiger partial charge in [-0.05, 0) is 57.5 Å². The van der Waals surface area contributed by atoms with Crippen LogP contribution in [0.2, 0.25) is 0 Å². The van der Waals surface area contributed by atoms with Crippen LogP contribution in [0.25, 0.3) is 0 Å². The Bertz CT molecular complexity index is 350. The van der Waals surface area contributed by atoms with E-state index in [9.17, 15) is 4.79 Å². The molecule has 1 aliphatic carbocycles. The van der Waals surface area contributed by atoms with Crippen LogP contribution in [0.1, 0.15) is 64.2 Å². The van der Waals surface area contributed by atoms with E-state index < -0.39 is 0 Å². The van der Waals surface area contributed by atoms with Crippen LogP contribution in [0.15, 0.2) is 0 Å². The Kier molecular flexibility index (Phi) is 10.6. The molecule has 2 N–H and O–H groups in total. The quantitative estimate of drug-likeness (QED) is 0.770. The molecule has 0 aromatic heterocycles. The summed E-state index contributed by atoms with van der Waals surface area (Å²) in [7, 11) is 0. The first kappa shape index (κ1) is 22.0. The minimum atomic E-state index is 0. The van der Waals surface area contributed by atoms with Crippen molar-refractivity contribution < 1.29 is 4.79 Å². The van der Waals surface area contributed by atoms with Crippen LogP contribution in [0.3, 0.4) is 0 Å². The van der Waals surface area contributed by atoms with Crippen molar-refractivity contribution in [3.63, 3.8) is 0 Å². The van der Waals surface area contributed by atoms with Crippen molar-refractivity contribution in [3.8, 4) is 0 Å². The number of carbonyl (C=O) groups excluding carboxylic acids is 1. The zero-order valence-corrected chi connectivity index (χ0v) is 16.4. The lowest BCUT2D eigenvalue weighted by Crippen LogP contribution is -2.48. The number of piperidine rings is 1. The van der Waals surface area contributed by atoms with Gasteiger partial charge in [0, 0.05) is 31.6 Å². The van der Waals surface area contributed by atoms with E-state index in [2.05, 4.69) is 15.5 Å². The average molecular weight is 380 g/mol. The van der Waals surface area contributed by atoms with Gasteiger partial charge in [0.15, 0.2) is 0 Å². The molecular formula is C18H35Cl2N3O. The van der Waals surface area contributed by atoms with Crippen LogP contribution in [-0.2, 0) is 4.79 Å². The maximum atomic E-state index is 12.1. The lowest BCUT2D eigenvalue weighted by Gasteiger charge is -2.39. The standard InChI is InChI=1S/C18H33N3O.2ClH/c22-18(7-6-15-8-11-19-14-15)20-16-9-12-21(13-10-16)17-4-2-1-3-5-17;;/h15-17,19H,1-14H2,(H,20,22);2*1H. The molecule has 1 amide bonds. The fourth-order valence-electron chi connectivity index (χ4n) is 4.45. The molecule has 1 saturated carbocycles. The fourth-order valence-corrected chi connectivity index (χ4v) is 4.45. The molecule has 3 rings (SSSR count). The molecule has 2 aliphatic heterocycles. The summed E-state index contributed by atoms with van der Waals surface area (Å²) in [5, 5.41) is 6.66. The normalized spacial score (nSPS) is 26.4. The molecule has 0 spiro atoms. The minimum Gasteiger partial charge on any atom is -0.353 e. The molecule has 6 heteroatoms. The molecule has 24 heavy (non-hydrogen) atoms. The van der Waals surface area contributed by atoms with Gasteiger partial charge in [0.05, 0.1) is 0 Å². The number of hydrogen-bond donors (Lipinski definition) is 2. The number of likely N-dealkylation sites (tertiary alicyclic amines) is 1. The summed E-state index contributed by atoms with van der Waals surface area (Å²) in [5.41, 5.74) is 0. The molecule has 142 valence electrons. The van der Waals surface area contributed by atoms with Gasteiger partial charge in [0.25, 0.3) is 0 Å². The topological polar surface area (TPSA) is 44.4 Å². The molecule has 2 saturated heterocycles. The van der Waals surface area contributed by atoms with Crippen LogP contribution in [-0.4, -0.2) is 49.1 Å². The largest absolute Gasteiger partial charge is 0.353 e. The van der Waals surface area contributed by atoms with Crippen LogP contribution in [0, 0.1) is 5.92 Å². The van der Waals surface area contributed by atoms with E-state index in [1.807, 2.05) is 0 Å². The van der Waals surface area contributed by atoms with Gasteiger partial charge < -0.3 is 15.5 Å². The number of nitrogens with zero attached hydrogens (tertiary/aromatic N) is 1. The summed E-state index contributed by atoms with van der Waals surface area (Å²) in [5.74, 6) is 1.00. The number of amides is 1. The lowest BCUT2D eigenvalue weighted by molar-refractivity contribution is -0.122. The third kappa shape index (κ3) is 6.70. The molecule has 4 nitrogen and oxygen atoms in total. The average Bonchev–Trinajstić information content (AvgIpc) is 3.08. The summed E-state index contributed by atoms with van der Waals surface area (Å²) in [6, 6.07) is 1.26. The SMILES string of the molecule is Cl.Cl.O=C(CCC1CCNC1)NC1CCN(C2CCCCC2)CC1. The van der Waals surface area contributed by atoms with Gasteiger partial charge in [-0.15, -0.1) is 24.8 Å². The van der Waals surface area contributed by atoms with Crippen molar-refractivity contribution in [1.29, 1.82) is 0 Å². The Hall–Kier alpha value is -0.0300. The molecular weight excluding hydrogens is 345 g/mol. The van der Waals surface area contributed by atoms with Crippen LogP contribution in [0.4, 0.5) is 0 Å². The van der Waals surface area contributed by atoms with E-state index in [-0.39, 0.29) is 30.7 Å². The highest BCUT2D eigenvalue weighted by Gasteiger charge is 2.26. The van der Waals surface area contributed by atoms with Crippen molar-refractivity contribution in [2.45, 2.75) is 76.3 Å². The smallest absolute Gasteiger partial charge is 0.220 e. The highest BCUT2D eigenvalue weighted by Crippen LogP contribution is 2.25. The molecule has 3 fully saturated rings. The summed E-state index contributed by atoms with van der Waals surface area (Å²) >= 11 is 0. The molecule has 3 aliphatic rings. The summed E-state index contributed by atoms with van der Waals surface area (Å²) in [4.78, 5) is 14.8. The second kappa shape index (κ2) is 11.6. The molecule has 0 aromatic carbocycles. The number of carbonyl (C=O) groups is 1. The Morgan fingerprint density at radius 1 is 1.00 bits per heavy atom. The van der Waals surface area contributed by atoms with Crippen molar-refractivity contribution in [1.82, 2.24) is 15.5 Å². The Morgan fingerprint density at radius 2 is 1.71 bits per heavy atom. The first-order valence-electron chi connectivity index (χ1n) is 9.55. The maximum absolute atomic E-state index is 12.1. The van der Waals surface area contributed by atoms with E-state index in [1.54, 1.807) is 0 Å². The van der Waals surface area contributed by atoms with Gasteiger partial charge in [0.2, 0.25) is 5.91 Å². The van der Waals surface area contributed by atoms with Crippen molar-refractivity contribution in [3.05, 3.63) is 0 Å². The predicted molar refractivity (Wildman–Crippen MR) is 104 cm³/mol. The van der Waals surface area contributed by atoms with E-state index in [1.165, 1.54) is 51.6 Å². The molecule has 1 unspecified atom stereocenters. The van der Waals surface area contributed by atoms with Gasteiger partial charge in [-0.3, -0.25) is 4.79 Å². The summed E-state index contributed by atoms with van der Waals surface area (Å²) in [6.07, 6.45) is 12.4. The van der Waals surface area contributed by atoms with Gasteiger partial charge in [0.1, 0.15) is 0 Å². The lowest BCUT2D eigenvalue weighted by atomic mass is 9.92. The van der Waals surface area contributed by atoms with Crippen LogP contribution in [0.5, 0.6) is 0 Å². The van der Waals surface area contributed by atoms with E-state index in [4.69, 9.17) is 0 Å². The van der Waals surface area contributed by atoms with Crippen molar-refractivity contribution >= 4 is 30.7 Å². The monoisotopic (exact) mass is 379 g/mol. The van der Waals surface area contributed by atoms with Crippen LogP contribution >= 0.6 is 24.8 Å². The zero-order valence-electron chi connectivity index (χ0n) is 14.8. The zero-order chi connectivity index (χ0) is 15.2. The second-order valence-electron chi connectivity index (χ2n) is 7.57. The third-order valence-electron chi connectivity index (χ3n) is 5.93. The summed E-state index contributed by atoms with van der Waals surface area (Å²) < 4.78 is 0. The summed E-state index contributed by atoms with van der Waals surface area (Å²) in [6.45, 7) is 4.60. The van der Waals surface area contributed by atoms with E-state index in [0.29, 0.717) is 6.04 Å². The maximum Gasteiger partial charge on any atom is 0.220 e. The van der Waals surface area contributed by atoms with Gasteiger partial charge >= 0.3 is 0 Å². The van der Waals surface area contributed by atoms with Crippen molar-refractivity contribution in [2.24, 2.45) is 5.92 Å². The predicted octanol–water partition coefficient (Wildman–Crippen LogP) is 3.13. The van der Waals surface area contributed by atoms with Crippen molar-refractivity contribution in [2.75, 3.05) is 26.2 Å². The molecule has 2 heterocycles. The van der Waals surface area contributed by atoms with Gasteiger partial charge in [-0.2, -0.15) is 0 Å². The highest BCUT2D eigenvalue weighted by atomic mass is 35.5. The van der Waals surface area contributed by atoms with E-state index >= 15 is 0 Å². The number of rotatable bonds is 5. The van der Waals surface area contributed by atoms with Gasteiger partial charge in [-0.25, -0.2) is 0 Å². The van der Waals surface area contributed by atoms with Crippen LogP contribution < -0.4 is 10.6 Å². The fraction of sp³-hybridized carbons (Fsp3) is 0.944. The number of nitrogens with one attached hydrogen (secondary N) is 2. The highest BCUT2D eigenvalue weighted by molar-refractivity contribution is 5.85. The van der Waals surface area contributed by atoms with Gasteiger partial charge in [-0.1, -0.05) is 19.3 Å². The molecule has 1 atom stereocenters. The number of halogens is 2. The first-order chi connectivity index (χ1) is 10.8. The number of hydrogen-bond acceptors (Lipinski definition) is 3. The second-order valence-corrected chi connectivity index (χ2v) is 7.57. The molecule has 0 bridgehead atoms. The third-order valence-corrected chi connectivity index (χ3v) is 5.93. The van der Waals surface area contributed by atoms with E-state index in [0.717, 1.165) is 50.7 Å². The first-order valence-corrected chi connectivity index (χ1v) is 9.55. The minimum absolute atomic E-state index is 0. The Balaban J connectivity index is 0.00000144. The molecule has 0 aromatic rings.